The molecule has 7 heteroatoms. The molecule has 0 aliphatic rings. The molecule has 0 fully saturated rings. The molecule has 0 unspecified atom stereocenters. The van der Waals surface area contributed by atoms with Crippen LogP contribution in [0.3, 0.4) is 0 Å². The number of thioether (sulfide) groups is 1. The smallest absolute Gasteiger partial charge is 0.301 e. The molecule has 0 saturated heterocycles. The summed E-state index contributed by atoms with van der Waals surface area (Å²) in [5.74, 6) is -0.490. The lowest BCUT2D eigenvalue weighted by molar-refractivity contribution is 0.373. The molecular weight excluding hydrogens is 287 g/mol. The summed E-state index contributed by atoms with van der Waals surface area (Å²) in [4.78, 5) is 10.3. The third-order valence-electron chi connectivity index (χ3n) is 2.34. The van der Waals surface area contributed by atoms with E-state index < -0.39 is 11.9 Å². The van der Waals surface area contributed by atoms with E-state index in [1.807, 2.05) is 31.0 Å². The second kappa shape index (κ2) is 8.63. The normalized spacial score (nSPS) is 10.8. The van der Waals surface area contributed by atoms with E-state index in [2.05, 4.69) is 9.97 Å². The second-order valence-electron chi connectivity index (χ2n) is 3.73. The van der Waals surface area contributed by atoms with Gasteiger partial charge >= 0.3 is 6.08 Å². The highest BCUT2D eigenvalue weighted by atomic mass is 32.2. The van der Waals surface area contributed by atoms with E-state index in [0.29, 0.717) is 5.16 Å². The van der Waals surface area contributed by atoms with Crippen LogP contribution in [0.2, 0.25) is 0 Å². The van der Waals surface area contributed by atoms with Gasteiger partial charge in [0.15, 0.2) is 11.0 Å². The van der Waals surface area contributed by atoms with E-state index in [4.69, 9.17) is 0 Å². The molecule has 0 aliphatic heterocycles. The van der Waals surface area contributed by atoms with Crippen LogP contribution in [0.1, 0.15) is 20.3 Å². The highest BCUT2D eigenvalue weighted by Crippen LogP contribution is 2.21. The van der Waals surface area contributed by atoms with Crippen molar-refractivity contribution < 1.29 is 13.2 Å². The van der Waals surface area contributed by atoms with Crippen LogP contribution in [0.5, 0.6) is 0 Å². The van der Waals surface area contributed by atoms with Crippen molar-refractivity contribution in [2.75, 3.05) is 17.2 Å². The fraction of sp³-hybridized carbons (Fsp3) is 0.385. The minimum absolute atomic E-state index is 0.169. The Kier molecular flexibility index (Phi) is 7.14. The van der Waals surface area contributed by atoms with E-state index in [-0.39, 0.29) is 12.2 Å². The minimum atomic E-state index is -2.26. The van der Waals surface area contributed by atoms with Gasteiger partial charge in [-0.25, -0.2) is 14.4 Å². The number of aromatic nitrogens is 2. The molecule has 0 aromatic carbocycles. The number of nitrogens with zero attached hydrogens (tertiary/aromatic N) is 3. The SMILES string of the molecule is C/C=C\N(CC)c1ccnc(SCCC(F)=C(F)F)n1. The predicted octanol–water partition coefficient (Wildman–Crippen LogP) is 4.40. The molecule has 1 rings (SSSR count). The van der Waals surface area contributed by atoms with Gasteiger partial charge in [-0.15, -0.1) is 0 Å². The van der Waals surface area contributed by atoms with Gasteiger partial charge in [-0.1, -0.05) is 17.8 Å². The molecule has 0 saturated carbocycles. The largest absolute Gasteiger partial charge is 0.334 e. The van der Waals surface area contributed by atoms with Crippen LogP contribution in [0.4, 0.5) is 19.0 Å². The Morgan fingerprint density at radius 2 is 2.15 bits per heavy atom. The molecule has 0 radical (unpaired) electrons. The Hall–Kier alpha value is -1.50. The van der Waals surface area contributed by atoms with Crippen LogP contribution in [-0.4, -0.2) is 22.3 Å². The number of rotatable bonds is 7. The number of anilines is 1. The number of hydrogen-bond donors (Lipinski definition) is 0. The average Bonchev–Trinajstić information content (AvgIpc) is 2.44. The van der Waals surface area contributed by atoms with Crippen molar-refractivity contribution >= 4 is 17.6 Å². The number of allylic oxidation sites excluding steroid dienone is 2. The summed E-state index contributed by atoms with van der Waals surface area (Å²) in [6.07, 6.45) is 2.79. The first kappa shape index (κ1) is 16.6. The van der Waals surface area contributed by atoms with Crippen LogP contribution < -0.4 is 4.90 Å². The summed E-state index contributed by atoms with van der Waals surface area (Å²) >= 11 is 1.15. The Bertz CT molecular complexity index is 488. The standard InChI is InChI=1S/C13H16F3N3S/c1-3-8-19(4-2)11-5-7-17-13(18-11)20-9-6-10(14)12(15)16/h3,5,7-8H,4,6,9H2,1-2H3/b8-3-. The van der Waals surface area contributed by atoms with Crippen LogP contribution in [0.15, 0.2) is 41.6 Å². The van der Waals surface area contributed by atoms with Crippen LogP contribution >= 0.6 is 11.8 Å². The van der Waals surface area contributed by atoms with Crippen molar-refractivity contribution in [3.05, 3.63) is 36.4 Å². The Labute approximate surface area is 120 Å². The summed E-state index contributed by atoms with van der Waals surface area (Å²) in [7, 11) is 0. The molecule has 0 atom stereocenters. The number of halogens is 3. The predicted molar refractivity (Wildman–Crippen MR) is 75.6 cm³/mol. The molecule has 0 spiro atoms. The summed E-state index contributed by atoms with van der Waals surface area (Å²) in [5, 5.41) is 0.442. The van der Waals surface area contributed by atoms with Crippen molar-refractivity contribution in [1.82, 2.24) is 9.97 Å². The van der Waals surface area contributed by atoms with Gasteiger partial charge < -0.3 is 4.90 Å². The zero-order valence-electron chi connectivity index (χ0n) is 11.3. The van der Waals surface area contributed by atoms with Gasteiger partial charge in [0, 0.05) is 31.1 Å². The van der Waals surface area contributed by atoms with Crippen molar-refractivity contribution in [2.45, 2.75) is 25.4 Å². The average molecular weight is 303 g/mol. The first-order valence-corrected chi connectivity index (χ1v) is 7.12. The first-order chi connectivity index (χ1) is 9.58. The molecule has 1 aromatic rings. The maximum atomic E-state index is 12.6. The van der Waals surface area contributed by atoms with E-state index in [1.54, 1.807) is 12.3 Å². The molecule has 3 nitrogen and oxygen atoms in total. The monoisotopic (exact) mass is 303 g/mol. The summed E-state index contributed by atoms with van der Waals surface area (Å²) in [6.45, 7) is 4.63. The van der Waals surface area contributed by atoms with Gasteiger partial charge in [-0.05, 0) is 19.9 Å². The lowest BCUT2D eigenvalue weighted by Crippen LogP contribution is -2.16. The van der Waals surface area contributed by atoms with Crippen molar-refractivity contribution in [1.29, 1.82) is 0 Å². The first-order valence-electron chi connectivity index (χ1n) is 6.13. The third kappa shape index (κ3) is 5.24. The maximum absolute atomic E-state index is 12.6. The van der Waals surface area contributed by atoms with Crippen LogP contribution in [-0.2, 0) is 0 Å². The fourth-order valence-electron chi connectivity index (χ4n) is 1.41. The van der Waals surface area contributed by atoms with Gasteiger partial charge in [0.25, 0.3) is 0 Å². The molecular formula is C13H16F3N3S. The minimum Gasteiger partial charge on any atom is -0.334 e. The molecule has 0 N–H and O–H groups in total. The van der Waals surface area contributed by atoms with Crippen molar-refractivity contribution in [3.63, 3.8) is 0 Å². The summed E-state index contributed by atoms with van der Waals surface area (Å²) in [5.41, 5.74) is 0. The van der Waals surface area contributed by atoms with E-state index in [1.165, 1.54) is 0 Å². The zero-order chi connectivity index (χ0) is 15.0. The molecule has 1 heterocycles. The Morgan fingerprint density at radius 1 is 1.40 bits per heavy atom. The lowest BCUT2D eigenvalue weighted by Gasteiger charge is -2.16. The number of hydrogen-bond acceptors (Lipinski definition) is 4. The maximum Gasteiger partial charge on any atom is 0.301 e. The van der Waals surface area contributed by atoms with Crippen molar-refractivity contribution in [2.24, 2.45) is 0 Å². The topological polar surface area (TPSA) is 29.0 Å². The zero-order valence-corrected chi connectivity index (χ0v) is 12.1. The van der Waals surface area contributed by atoms with Gasteiger partial charge in [0.05, 0.1) is 0 Å². The second-order valence-corrected chi connectivity index (χ2v) is 4.79. The Morgan fingerprint density at radius 3 is 2.75 bits per heavy atom. The molecule has 20 heavy (non-hydrogen) atoms. The molecule has 0 aliphatic carbocycles. The van der Waals surface area contributed by atoms with Gasteiger partial charge in [-0.2, -0.15) is 8.78 Å². The molecule has 0 amide bonds. The van der Waals surface area contributed by atoms with Crippen LogP contribution in [0, 0.1) is 0 Å². The van der Waals surface area contributed by atoms with Crippen molar-refractivity contribution in [3.8, 4) is 0 Å². The van der Waals surface area contributed by atoms with Gasteiger partial charge in [0.1, 0.15) is 5.82 Å². The van der Waals surface area contributed by atoms with E-state index in [9.17, 15) is 13.2 Å². The van der Waals surface area contributed by atoms with Gasteiger partial charge in [-0.3, -0.25) is 0 Å². The highest BCUT2D eigenvalue weighted by Gasteiger charge is 2.08. The molecule has 0 bridgehead atoms. The Balaban J connectivity index is 2.66. The van der Waals surface area contributed by atoms with E-state index in [0.717, 1.165) is 24.1 Å². The van der Waals surface area contributed by atoms with Crippen LogP contribution in [0.25, 0.3) is 0 Å². The summed E-state index contributed by atoms with van der Waals surface area (Å²) in [6, 6.07) is 1.76. The lowest BCUT2D eigenvalue weighted by atomic mass is 10.4. The fourth-order valence-corrected chi connectivity index (χ4v) is 2.17. The third-order valence-corrected chi connectivity index (χ3v) is 3.20. The molecule has 1 aromatic heterocycles. The summed E-state index contributed by atoms with van der Waals surface area (Å²) < 4.78 is 36.5. The molecule has 110 valence electrons. The van der Waals surface area contributed by atoms with E-state index >= 15 is 0 Å². The highest BCUT2D eigenvalue weighted by molar-refractivity contribution is 7.99. The quantitative estimate of drug-likeness (QED) is 0.551. The van der Waals surface area contributed by atoms with Gasteiger partial charge in [0.2, 0.25) is 0 Å².